The Kier molecular flexibility index (Phi) is 8.79. The van der Waals surface area contributed by atoms with Gasteiger partial charge in [-0.2, -0.15) is 13.2 Å². The fourth-order valence-electron chi connectivity index (χ4n) is 4.97. The van der Waals surface area contributed by atoms with Crippen LogP contribution < -0.4 is 16.0 Å². The minimum Gasteiger partial charge on any atom is -0.368 e. The van der Waals surface area contributed by atoms with Crippen LogP contribution in [0.25, 0.3) is 0 Å². The van der Waals surface area contributed by atoms with Crippen LogP contribution in [0.1, 0.15) is 35.2 Å². The average molecular weight is 556 g/mol. The number of rotatable bonds is 8. The van der Waals surface area contributed by atoms with E-state index in [2.05, 4.69) is 5.32 Å². The van der Waals surface area contributed by atoms with E-state index in [1.165, 1.54) is 12.1 Å². The Morgan fingerprint density at radius 2 is 1.79 bits per heavy atom. The molecule has 1 atom stereocenters. The van der Waals surface area contributed by atoms with E-state index in [1.54, 1.807) is 29.2 Å². The Bertz CT molecular complexity index is 1170. The number of anilines is 2. The first-order chi connectivity index (χ1) is 18.0. The number of alkyl halides is 3. The Morgan fingerprint density at radius 3 is 2.45 bits per heavy atom. The molecule has 38 heavy (non-hydrogen) atoms. The minimum atomic E-state index is -4.20. The van der Waals surface area contributed by atoms with Gasteiger partial charge < -0.3 is 16.0 Å². The second kappa shape index (κ2) is 11.9. The van der Waals surface area contributed by atoms with Gasteiger partial charge in [0.2, 0.25) is 5.91 Å². The average Bonchev–Trinajstić information content (AvgIpc) is 3.32. The molecule has 3 N–H and O–H groups in total. The van der Waals surface area contributed by atoms with Crippen LogP contribution in [-0.4, -0.2) is 73.1 Å². The number of hydrogen-bond donors (Lipinski definition) is 2. The molecule has 0 radical (unpaired) electrons. The maximum Gasteiger partial charge on any atom is 0.390 e. The molecule has 2 aliphatic heterocycles. The van der Waals surface area contributed by atoms with Crippen molar-refractivity contribution in [1.82, 2.24) is 9.80 Å². The van der Waals surface area contributed by atoms with Crippen LogP contribution in [0.2, 0.25) is 5.02 Å². The van der Waals surface area contributed by atoms with Crippen LogP contribution in [0.5, 0.6) is 0 Å². The number of piperazine rings is 1. The van der Waals surface area contributed by atoms with Crippen molar-refractivity contribution in [1.29, 1.82) is 0 Å². The predicted octanol–water partition coefficient (Wildman–Crippen LogP) is 4.26. The van der Waals surface area contributed by atoms with Crippen molar-refractivity contribution in [3.8, 4) is 0 Å². The summed E-state index contributed by atoms with van der Waals surface area (Å²) in [5.41, 5.74) is 6.99. The lowest BCUT2D eigenvalue weighted by molar-refractivity contribution is -0.138. The molecule has 2 aromatic rings. The molecule has 0 saturated carbocycles. The van der Waals surface area contributed by atoms with E-state index < -0.39 is 30.2 Å². The van der Waals surface area contributed by atoms with E-state index in [0.717, 1.165) is 6.42 Å². The summed E-state index contributed by atoms with van der Waals surface area (Å²) in [6, 6.07) is 8.86. The molecule has 2 amide bonds. The van der Waals surface area contributed by atoms with Gasteiger partial charge in [0.25, 0.3) is 5.91 Å². The molecule has 2 aromatic carbocycles. The molecule has 0 aliphatic carbocycles. The Balaban J connectivity index is 1.42. The van der Waals surface area contributed by atoms with Crippen LogP contribution in [0, 0.1) is 5.82 Å². The fourth-order valence-corrected chi connectivity index (χ4v) is 5.14. The quantitative estimate of drug-likeness (QED) is 0.476. The van der Waals surface area contributed by atoms with E-state index in [0.29, 0.717) is 67.7 Å². The van der Waals surface area contributed by atoms with Crippen molar-refractivity contribution in [3.05, 3.63) is 58.4 Å². The number of halogens is 5. The number of carbonyl (C=O) groups is 2. The van der Waals surface area contributed by atoms with E-state index >= 15 is 0 Å². The van der Waals surface area contributed by atoms with Gasteiger partial charge in [-0.3, -0.25) is 19.4 Å². The summed E-state index contributed by atoms with van der Waals surface area (Å²) in [5, 5.41) is 3.18. The number of carbonyl (C=O) groups excluding carboxylic acids is 2. The van der Waals surface area contributed by atoms with Gasteiger partial charge in [-0.25, -0.2) is 4.39 Å². The monoisotopic (exact) mass is 555 g/mol. The summed E-state index contributed by atoms with van der Waals surface area (Å²) < 4.78 is 52.6. The lowest BCUT2D eigenvalue weighted by atomic mass is 10.1. The standard InChI is InChI=1S/C26H30ClF4N5O2/c27-18-4-6-21(23(15-18)35-12-10-34(11-13-35)9-7-26(29,30)31)33-25(38)19-5-3-17(14-20(19)28)16-36-8-1-2-22(36)24(32)37/h3-6,14-15,22H,1-2,7-13,16H2,(H2,32,37)(H,33,38)/t22-/m0/s1. The number of nitrogens with one attached hydrogen (secondary N) is 1. The number of amides is 2. The van der Waals surface area contributed by atoms with E-state index in [-0.39, 0.29) is 18.2 Å². The molecule has 2 heterocycles. The van der Waals surface area contributed by atoms with Gasteiger partial charge in [-0.15, -0.1) is 0 Å². The van der Waals surface area contributed by atoms with Crippen molar-refractivity contribution in [2.75, 3.05) is 49.5 Å². The van der Waals surface area contributed by atoms with Crippen molar-refractivity contribution in [2.24, 2.45) is 5.73 Å². The highest BCUT2D eigenvalue weighted by Crippen LogP contribution is 2.31. The van der Waals surface area contributed by atoms with E-state index in [4.69, 9.17) is 17.3 Å². The number of hydrogen-bond acceptors (Lipinski definition) is 5. The Morgan fingerprint density at radius 1 is 1.05 bits per heavy atom. The molecule has 7 nitrogen and oxygen atoms in total. The normalized spacial score (nSPS) is 19.1. The van der Waals surface area contributed by atoms with Crippen molar-refractivity contribution in [3.63, 3.8) is 0 Å². The summed E-state index contributed by atoms with van der Waals surface area (Å²) in [4.78, 5) is 30.2. The minimum absolute atomic E-state index is 0.0628. The van der Waals surface area contributed by atoms with Crippen molar-refractivity contribution >= 4 is 34.8 Å². The predicted molar refractivity (Wildman–Crippen MR) is 138 cm³/mol. The zero-order valence-corrected chi connectivity index (χ0v) is 21.5. The van der Waals surface area contributed by atoms with Crippen molar-refractivity contribution in [2.45, 2.75) is 38.0 Å². The first-order valence-corrected chi connectivity index (χ1v) is 12.8. The third-order valence-corrected chi connectivity index (χ3v) is 7.22. The Hall–Kier alpha value is -2.89. The summed E-state index contributed by atoms with van der Waals surface area (Å²) in [7, 11) is 0. The second-order valence-corrected chi connectivity index (χ2v) is 10.1. The number of primary amides is 1. The van der Waals surface area contributed by atoms with Crippen LogP contribution in [0.4, 0.5) is 28.9 Å². The van der Waals surface area contributed by atoms with Gasteiger partial charge in [-0.05, 0) is 55.3 Å². The molecular weight excluding hydrogens is 526 g/mol. The summed E-state index contributed by atoms with van der Waals surface area (Å²) >= 11 is 6.19. The second-order valence-electron chi connectivity index (χ2n) is 9.65. The summed E-state index contributed by atoms with van der Waals surface area (Å²) in [6.45, 7) is 2.74. The van der Waals surface area contributed by atoms with Gasteiger partial charge in [0.15, 0.2) is 0 Å². The van der Waals surface area contributed by atoms with Crippen LogP contribution >= 0.6 is 11.6 Å². The maximum absolute atomic E-state index is 15.0. The lowest BCUT2D eigenvalue weighted by Crippen LogP contribution is -2.47. The molecule has 2 fully saturated rings. The SMILES string of the molecule is NC(=O)[C@@H]1CCCN1Cc1ccc(C(=O)Nc2ccc(Cl)cc2N2CCN(CCC(F)(F)F)CC2)c(F)c1. The number of benzene rings is 2. The molecule has 0 aromatic heterocycles. The number of nitrogens with two attached hydrogens (primary N) is 1. The molecule has 2 saturated heterocycles. The maximum atomic E-state index is 15.0. The molecule has 0 bridgehead atoms. The van der Waals surface area contributed by atoms with Gasteiger partial charge in [0, 0.05) is 44.3 Å². The van der Waals surface area contributed by atoms with Crippen LogP contribution in [0.3, 0.4) is 0 Å². The molecule has 2 aliphatic rings. The van der Waals surface area contributed by atoms with Crippen molar-refractivity contribution < 1.29 is 27.2 Å². The van der Waals surface area contributed by atoms with Gasteiger partial charge in [0.1, 0.15) is 5.82 Å². The topological polar surface area (TPSA) is 81.9 Å². The summed E-state index contributed by atoms with van der Waals surface area (Å²) in [5.74, 6) is -1.73. The number of nitrogens with zero attached hydrogens (tertiary/aromatic N) is 3. The van der Waals surface area contributed by atoms with Crippen LogP contribution in [-0.2, 0) is 11.3 Å². The van der Waals surface area contributed by atoms with E-state index in [1.807, 2.05) is 9.80 Å². The molecule has 12 heteroatoms. The Labute approximate surface area is 223 Å². The highest BCUT2D eigenvalue weighted by molar-refractivity contribution is 6.31. The smallest absolute Gasteiger partial charge is 0.368 e. The first kappa shape index (κ1) is 28.1. The molecular formula is C26H30ClF4N5O2. The van der Waals surface area contributed by atoms with E-state index in [9.17, 15) is 27.2 Å². The molecule has 0 spiro atoms. The van der Waals surface area contributed by atoms with Crippen LogP contribution in [0.15, 0.2) is 36.4 Å². The highest BCUT2D eigenvalue weighted by Gasteiger charge is 2.30. The fraction of sp³-hybridized carbons (Fsp3) is 0.462. The lowest BCUT2D eigenvalue weighted by Gasteiger charge is -2.37. The first-order valence-electron chi connectivity index (χ1n) is 12.5. The highest BCUT2D eigenvalue weighted by atomic mass is 35.5. The largest absolute Gasteiger partial charge is 0.390 e. The van der Waals surface area contributed by atoms with Gasteiger partial charge in [0.05, 0.1) is 29.4 Å². The third-order valence-electron chi connectivity index (χ3n) is 6.99. The third kappa shape index (κ3) is 7.15. The zero-order valence-electron chi connectivity index (χ0n) is 20.7. The molecule has 206 valence electrons. The van der Waals surface area contributed by atoms with Gasteiger partial charge >= 0.3 is 6.18 Å². The zero-order chi connectivity index (χ0) is 27.4. The van der Waals surface area contributed by atoms with Gasteiger partial charge in [-0.1, -0.05) is 17.7 Å². The molecule has 0 unspecified atom stereocenters. The summed E-state index contributed by atoms with van der Waals surface area (Å²) in [6.07, 6.45) is -3.55. The molecule has 4 rings (SSSR count). The number of likely N-dealkylation sites (tertiary alicyclic amines) is 1.